The van der Waals surface area contributed by atoms with Crippen LogP contribution in [0.15, 0.2) is 0 Å². The summed E-state index contributed by atoms with van der Waals surface area (Å²) in [5.41, 5.74) is -0.839. The lowest BCUT2D eigenvalue weighted by Crippen LogP contribution is -2.17. The lowest BCUT2D eigenvalue weighted by molar-refractivity contribution is -0.775. The van der Waals surface area contributed by atoms with E-state index in [1.807, 2.05) is 0 Å². The minimum atomic E-state index is -0.839. The second-order valence-electron chi connectivity index (χ2n) is 0.704. The van der Waals surface area contributed by atoms with Gasteiger partial charge in [-0.3, -0.25) is 0 Å². The Hall–Kier alpha value is 0.150. The highest BCUT2D eigenvalue weighted by molar-refractivity contribution is 7.80. The molecule has 0 amide bonds. The van der Waals surface area contributed by atoms with Crippen molar-refractivity contribution >= 4 is 12.6 Å². The first kappa shape index (κ1) is 5.29. The minimum absolute atomic E-state index is 0.839. The summed E-state index contributed by atoms with van der Waals surface area (Å²) >= 11 is 3.59. The van der Waals surface area contributed by atoms with Crippen LogP contribution in [0.1, 0.15) is 0 Å². The third-order valence-corrected chi connectivity index (χ3v) is 0.471. The van der Waals surface area contributed by atoms with Gasteiger partial charge in [0, 0.05) is 0 Å². The molecule has 7 heavy (non-hydrogen) atoms. The van der Waals surface area contributed by atoms with Crippen LogP contribution < -0.4 is 0 Å². The second-order valence-corrected chi connectivity index (χ2v) is 1.13. The predicted molar refractivity (Wildman–Crippen MR) is 18.2 cm³/mol. The van der Waals surface area contributed by atoms with E-state index in [2.05, 4.69) is 37.5 Å². The maximum Gasteiger partial charge on any atom is 0.273 e. The van der Waals surface area contributed by atoms with Crippen LogP contribution in [0.5, 0.6) is 0 Å². The summed E-state index contributed by atoms with van der Waals surface area (Å²) in [6.07, 6.45) is 0. The van der Waals surface area contributed by atoms with E-state index in [9.17, 15) is 0 Å². The molecule has 0 N–H and O–H groups in total. The van der Waals surface area contributed by atoms with Crippen LogP contribution >= 0.6 is 12.6 Å². The van der Waals surface area contributed by atoms with E-state index in [0.717, 1.165) is 0 Å². The third kappa shape index (κ3) is 1.59. The predicted octanol–water partition coefficient (Wildman–Crippen LogP) is -0.0436. The Bertz CT molecular complexity index is 50.0. The van der Waals surface area contributed by atoms with Crippen LogP contribution in [0.2, 0.25) is 0 Å². The first-order chi connectivity index (χ1) is 3.39. The molecular formula is CH2O5S. The molecule has 1 aliphatic rings. The van der Waals surface area contributed by atoms with Gasteiger partial charge in [0.2, 0.25) is 0 Å². The largest absolute Gasteiger partial charge is 0.273 e. The molecule has 0 bridgehead atoms. The van der Waals surface area contributed by atoms with Crippen molar-refractivity contribution in [2.45, 2.75) is 5.62 Å². The van der Waals surface area contributed by atoms with E-state index >= 15 is 0 Å². The Morgan fingerprint density at radius 3 is 1.86 bits per heavy atom. The molecule has 0 aliphatic carbocycles. The molecule has 1 saturated heterocycles. The highest BCUT2D eigenvalue weighted by Crippen LogP contribution is 2.06. The molecule has 1 heterocycles. The number of hydrogen-bond acceptors (Lipinski definition) is 6. The summed E-state index contributed by atoms with van der Waals surface area (Å²) in [5.74, 6) is 0. The van der Waals surface area contributed by atoms with Gasteiger partial charge in [-0.05, 0) is 15.1 Å². The van der Waals surface area contributed by atoms with Gasteiger partial charge < -0.3 is 0 Å². The minimum Gasteiger partial charge on any atom is -0.157 e. The fourth-order valence-corrected chi connectivity index (χ4v) is 0.197. The Morgan fingerprint density at radius 2 is 1.57 bits per heavy atom. The quantitative estimate of drug-likeness (QED) is 0.364. The summed E-state index contributed by atoms with van der Waals surface area (Å²) in [6, 6.07) is 0. The van der Waals surface area contributed by atoms with Gasteiger partial charge in [0.1, 0.15) is 0 Å². The summed E-state index contributed by atoms with van der Waals surface area (Å²) in [4.78, 5) is 8.15. The van der Waals surface area contributed by atoms with Crippen LogP contribution in [-0.2, 0) is 24.9 Å². The van der Waals surface area contributed by atoms with Crippen LogP contribution in [0.3, 0.4) is 0 Å². The SMILES string of the molecule is SC1OOOOO1. The van der Waals surface area contributed by atoms with Gasteiger partial charge in [-0.15, -0.1) is 12.6 Å². The molecule has 6 heteroatoms. The smallest absolute Gasteiger partial charge is 0.157 e. The van der Waals surface area contributed by atoms with Crippen molar-refractivity contribution in [2.75, 3.05) is 0 Å². The molecule has 5 nitrogen and oxygen atoms in total. The van der Waals surface area contributed by atoms with E-state index in [1.54, 1.807) is 0 Å². The molecule has 0 atom stereocenters. The summed E-state index contributed by atoms with van der Waals surface area (Å²) in [7, 11) is 0. The molecule has 1 rings (SSSR count). The van der Waals surface area contributed by atoms with Crippen molar-refractivity contribution in [2.24, 2.45) is 0 Å². The average Bonchev–Trinajstić information content (AvgIpc) is 1.69. The maximum absolute atomic E-state index is 4.07. The second kappa shape index (κ2) is 2.46. The van der Waals surface area contributed by atoms with E-state index in [1.165, 1.54) is 0 Å². The van der Waals surface area contributed by atoms with E-state index in [-0.39, 0.29) is 0 Å². The highest BCUT2D eigenvalue weighted by Gasteiger charge is 2.12. The molecule has 0 radical (unpaired) electrons. The fraction of sp³-hybridized carbons (Fsp3) is 1.00. The molecule has 0 aromatic carbocycles. The Kier molecular flexibility index (Phi) is 1.86. The molecule has 42 valence electrons. The van der Waals surface area contributed by atoms with Crippen molar-refractivity contribution in [1.82, 2.24) is 0 Å². The average molecular weight is 126 g/mol. The van der Waals surface area contributed by atoms with Gasteiger partial charge in [0.25, 0.3) is 5.62 Å². The Labute approximate surface area is 44.2 Å². The van der Waals surface area contributed by atoms with Crippen molar-refractivity contribution in [1.29, 1.82) is 0 Å². The zero-order chi connectivity index (χ0) is 5.11. The number of rotatable bonds is 0. The molecule has 1 aliphatic heterocycles. The van der Waals surface area contributed by atoms with Gasteiger partial charge in [-0.25, -0.2) is 0 Å². The third-order valence-electron chi connectivity index (χ3n) is 0.299. The van der Waals surface area contributed by atoms with Crippen LogP contribution in [-0.4, -0.2) is 5.62 Å². The number of thiol groups is 1. The van der Waals surface area contributed by atoms with Crippen molar-refractivity contribution < 1.29 is 24.9 Å². The summed E-state index contributed by atoms with van der Waals surface area (Å²) in [6.45, 7) is 0. The monoisotopic (exact) mass is 126 g/mol. The molecular weight excluding hydrogens is 124 g/mol. The van der Waals surface area contributed by atoms with Crippen LogP contribution in [0.25, 0.3) is 0 Å². The van der Waals surface area contributed by atoms with Gasteiger partial charge in [0.15, 0.2) is 0 Å². The first-order valence-electron chi connectivity index (χ1n) is 1.40. The molecule has 0 aromatic rings. The highest BCUT2D eigenvalue weighted by atomic mass is 32.1. The van der Waals surface area contributed by atoms with Crippen molar-refractivity contribution in [3.63, 3.8) is 0 Å². The van der Waals surface area contributed by atoms with Gasteiger partial charge in [-0.1, -0.05) is 0 Å². The molecule has 0 saturated carbocycles. The molecule has 1 fully saturated rings. The Balaban J connectivity index is 2.12. The fourth-order valence-electron chi connectivity index (χ4n) is 0.127. The Morgan fingerprint density at radius 1 is 1.00 bits per heavy atom. The topological polar surface area (TPSA) is 46.2 Å². The van der Waals surface area contributed by atoms with E-state index in [0.29, 0.717) is 0 Å². The van der Waals surface area contributed by atoms with Crippen LogP contribution in [0, 0.1) is 0 Å². The van der Waals surface area contributed by atoms with Crippen molar-refractivity contribution in [3.05, 3.63) is 0 Å². The van der Waals surface area contributed by atoms with Gasteiger partial charge in [0.05, 0.1) is 0 Å². The lowest BCUT2D eigenvalue weighted by atomic mass is 11.5. The summed E-state index contributed by atoms with van der Waals surface area (Å²) in [5, 5.41) is 11.2. The van der Waals surface area contributed by atoms with E-state index < -0.39 is 5.62 Å². The standard InChI is InChI=1S/CH2O5S/c7-1-2-4-6-5-3-1/h1,7H. The first-order valence-corrected chi connectivity index (χ1v) is 1.91. The van der Waals surface area contributed by atoms with Crippen molar-refractivity contribution in [3.8, 4) is 0 Å². The van der Waals surface area contributed by atoms with E-state index in [4.69, 9.17) is 0 Å². The zero-order valence-electron chi connectivity index (χ0n) is 3.07. The zero-order valence-corrected chi connectivity index (χ0v) is 3.96. The molecule has 0 aromatic heterocycles. The summed E-state index contributed by atoms with van der Waals surface area (Å²) < 4.78 is 0. The molecule has 0 unspecified atom stereocenters. The normalized spacial score (nSPS) is 25.3. The maximum atomic E-state index is 4.07. The van der Waals surface area contributed by atoms with Gasteiger partial charge in [-0.2, -0.15) is 9.78 Å². The lowest BCUT2D eigenvalue weighted by Gasteiger charge is -2.11. The van der Waals surface area contributed by atoms with Gasteiger partial charge >= 0.3 is 0 Å². The number of hydrogen-bond donors (Lipinski definition) is 1. The van der Waals surface area contributed by atoms with Crippen LogP contribution in [0.4, 0.5) is 0 Å². The molecule has 0 spiro atoms.